The molecule has 0 fully saturated rings. The number of rotatable bonds is 5. The maximum Gasteiger partial charge on any atom is 0.340 e. The SMILES string of the molecule is Cc1ccc(-c2csc(NC(=O)COC(=O)c3cc(F)c(F)cc3Cl)n2)cc1. The van der Waals surface area contributed by atoms with E-state index in [1.165, 1.54) is 11.3 Å². The zero-order chi connectivity index (χ0) is 20.3. The summed E-state index contributed by atoms with van der Waals surface area (Å²) < 4.78 is 31.1. The monoisotopic (exact) mass is 422 g/mol. The number of ether oxygens (including phenoxy) is 1. The number of aryl methyl sites for hydroxylation is 1. The number of nitrogens with zero attached hydrogens (tertiary/aromatic N) is 1. The number of aromatic nitrogens is 1. The lowest BCUT2D eigenvalue weighted by Crippen LogP contribution is -2.21. The van der Waals surface area contributed by atoms with Crippen LogP contribution in [0, 0.1) is 18.6 Å². The van der Waals surface area contributed by atoms with Gasteiger partial charge >= 0.3 is 5.97 Å². The summed E-state index contributed by atoms with van der Waals surface area (Å²) in [6, 6.07) is 9.03. The minimum Gasteiger partial charge on any atom is -0.452 e. The molecule has 0 unspecified atom stereocenters. The van der Waals surface area contributed by atoms with Crippen molar-refractivity contribution in [3.05, 3.63) is 69.6 Å². The topological polar surface area (TPSA) is 68.3 Å². The maximum atomic E-state index is 13.2. The van der Waals surface area contributed by atoms with Gasteiger partial charge in [0.05, 0.1) is 16.3 Å². The molecule has 1 amide bonds. The third-order valence-electron chi connectivity index (χ3n) is 3.66. The smallest absolute Gasteiger partial charge is 0.340 e. The molecule has 1 heterocycles. The van der Waals surface area contributed by atoms with Gasteiger partial charge in [-0.2, -0.15) is 0 Å². The van der Waals surface area contributed by atoms with E-state index < -0.39 is 30.1 Å². The standard InChI is InChI=1S/C19H13ClF2N2O3S/c1-10-2-4-11(5-3-10)16-9-28-19(23-16)24-17(25)8-27-18(26)12-6-14(21)15(22)7-13(12)20/h2-7,9H,8H2,1H3,(H,23,24,25). The number of thiazole rings is 1. The summed E-state index contributed by atoms with van der Waals surface area (Å²) in [4.78, 5) is 28.2. The minimum absolute atomic E-state index is 0.313. The van der Waals surface area contributed by atoms with Gasteiger partial charge in [0.2, 0.25) is 0 Å². The average molecular weight is 423 g/mol. The van der Waals surface area contributed by atoms with Gasteiger partial charge in [0.1, 0.15) is 0 Å². The summed E-state index contributed by atoms with van der Waals surface area (Å²) in [5.41, 5.74) is 2.35. The molecule has 0 radical (unpaired) electrons. The van der Waals surface area contributed by atoms with Crippen molar-refractivity contribution in [2.24, 2.45) is 0 Å². The average Bonchev–Trinajstić information content (AvgIpc) is 3.11. The molecular formula is C19H13ClF2N2O3S. The number of hydrogen-bond acceptors (Lipinski definition) is 5. The summed E-state index contributed by atoms with van der Waals surface area (Å²) in [6.07, 6.45) is 0. The molecule has 5 nitrogen and oxygen atoms in total. The molecule has 144 valence electrons. The van der Waals surface area contributed by atoms with Crippen molar-refractivity contribution in [2.45, 2.75) is 6.92 Å². The molecule has 3 aromatic rings. The highest BCUT2D eigenvalue weighted by molar-refractivity contribution is 7.14. The number of hydrogen-bond donors (Lipinski definition) is 1. The van der Waals surface area contributed by atoms with Crippen LogP contribution >= 0.6 is 22.9 Å². The van der Waals surface area contributed by atoms with Crippen LogP contribution in [0.25, 0.3) is 11.3 Å². The predicted octanol–water partition coefficient (Wildman–Crippen LogP) is 4.85. The fourth-order valence-electron chi connectivity index (χ4n) is 2.23. The Kier molecular flexibility index (Phi) is 6.01. The molecule has 9 heteroatoms. The van der Waals surface area contributed by atoms with E-state index in [0.29, 0.717) is 23.0 Å². The summed E-state index contributed by atoms with van der Waals surface area (Å²) in [6.45, 7) is 1.35. The number of esters is 1. The zero-order valence-corrected chi connectivity index (χ0v) is 16.0. The second-order valence-corrected chi connectivity index (χ2v) is 7.04. The Hall–Kier alpha value is -2.84. The summed E-state index contributed by atoms with van der Waals surface area (Å²) in [5.74, 6) is -4.10. The first-order chi connectivity index (χ1) is 13.3. The third kappa shape index (κ3) is 4.71. The number of amides is 1. The van der Waals surface area contributed by atoms with E-state index >= 15 is 0 Å². The summed E-state index contributed by atoms with van der Waals surface area (Å²) in [5, 5.41) is 4.32. The first-order valence-corrected chi connectivity index (χ1v) is 9.23. The Morgan fingerprint density at radius 2 is 1.86 bits per heavy atom. The van der Waals surface area contributed by atoms with Crippen molar-refractivity contribution in [3.63, 3.8) is 0 Å². The molecule has 0 aliphatic heterocycles. The summed E-state index contributed by atoms with van der Waals surface area (Å²) in [7, 11) is 0. The molecule has 28 heavy (non-hydrogen) atoms. The maximum absolute atomic E-state index is 13.2. The van der Waals surface area contributed by atoms with Gasteiger partial charge in [-0.25, -0.2) is 18.6 Å². The van der Waals surface area contributed by atoms with Gasteiger partial charge in [-0.3, -0.25) is 10.1 Å². The molecule has 0 saturated carbocycles. The van der Waals surface area contributed by atoms with E-state index in [2.05, 4.69) is 10.3 Å². The van der Waals surface area contributed by atoms with Crippen LogP contribution in [0.2, 0.25) is 5.02 Å². The number of benzene rings is 2. The number of carbonyl (C=O) groups is 2. The van der Waals surface area contributed by atoms with Crippen molar-refractivity contribution in [2.75, 3.05) is 11.9 Å². The number of anilines is 1. The molecule has 0 spiro atoms. The number of nitrogens with one attached hydrogen (secondary N) is 1. The molecule has 1 aromatic heterocycles. The van der Waals surface area contributed by atoms with Crippen molar-refractivity contribution >= 4 is 39.9 Å². The quantitative estimate of drug-likeness (QED) is 0.471. The molecule has 0 bridgehead atoms. The van der Waals surface area contributed by atoms with Crippen molar-refractivity contribution in [1.29, 1.82) is 0 Å². The highest BCUT2D eigenvalue weighted by Crippen LogP contribution is 2.25. The van der Waals surface area contributed by atoms with E-state index in [1.54, 1.807) is 5.38 Å². The van der Waals surface area contributed by atoms with Crippen LogP contribution in [-0.2, 0) is 9.53 Å². The van der Waals surface area contributed by atoms with Gasteiger partial charge in [-0.1, -0.05) is 41.4 Å². The first-order valence-electron chi connectivity index (χ1n) is 7.97. The van der Waals surface area contributed by atoms with Gasteiger partial charge in [0, 0.05) is 10.9 Å². The molecule has 1 N–H and O–H groups in total. The molecule has 0 aliphatic carbocycles. The molecular weight excluding hydrogens is 410 g/mol. The zero-order valence-electron chi connectivity index (χ0n) is 14.5. The van der Waals surface area contributed by atoms with Crippen LogP contribution in [0.3, 0.4) is 0 Å². The normalized spacial score (nSPS) is 10.6. The lowest BCUT2D eigenvalue weighted by atomic mass is 10.1. The van der Waals surface area contributed by atoms with Crippen molar-refractivity contribution in [1.82, 2.24) is 4.98 Å². The van der Waals surface area contributed by atoms with Crippen LogP contribution in [0.15, 0.2) is 41.8 Å². The second kappa shape index (κ2) is 8.45. The fraction of sp³-hybridized carbons (Fsp3) is 0.105. The Bertz CT molecular complexity index is 1040. The van der Waals surface area contributed by atoms with Crippen molar-refractivity contribution in [3.8, 4) is 11.3 Å². The lowest BCUT2D eigenvalue weighted by Gasteiger charge is -2.06. The minimum atomic E-state index is -1.24. The van der Waals surface area contributed by atoms with E-state index in [4.69, 9.17) is 16.3 Å². The van der Waals surface area contributed by atoms with Crippen LogP contribution in [0.1, 0.15) is 15.9 Å². The summed E-state index contributed by atoms with van der Waals surface area (Å²) >= 11 is 6.91. The predicted molar refractivity (Wildman–Crippen MR) is 103 cm³/mol. The fourth-order valence-corrected chi connectivity index (χ4v) is 3.19. The van der Waals surface area contributed by atoms with Gasteiger partial charge < -0.3 is 4.74 Å². The van der Waals surface area contributed by atoms with Crippen LogP contribution < -0.4 is 5.32 Å². The van der Waals surface area contributed by atoms with Crippen molar-refractivity contribution < 1.29 is 23.1 Å². The second-order valence-electron chi connectivity index (χ2n) is 5.77. The van der Waals surface area contributed by atoms with E-state index in [0.717, 1.165) is 11.1 Å². The molecule has 0 atom stereocenters. The molecule has 3 rings (SSSR count). The first kappa shape index (κ1) is 19.9. The van der Waals surface area contributed by atoms with Gasteiger partial charge in [-0.05, 0) is 19.1 Å². The lowest BCUT2D eigenvalue weighted by molar-refractivity contribution is -0.119. The Morgan fingerprint density at radius 3 is 2.57 bits per heavy atom. The number of halogens is 3. The Labute approximate surface area is 167 Å². The highest BCUT2D eigenvalue weighted by atomic mass is 35.5. The van der Waals surface area contributed by atoms with Gasteiger partial charge in [-0.15, -0.1) is 11.3 Å². The Morgan fingerprint density at radius 1 is 1.18 bits per heavy atom. The van der Waals surface area contributed by atoms with Crippen LogP contribution in [0.4, 0.5) is 13.9 Å². The van der Waals surface area contributed by atoms with E-state index in [-0.39, 0.29) is 10.6 Å². The largest absolute Gasteiger partial charge is 0.452 e. The third-order valence-corrected chi connectivity index (χ3v) is 4.73. The van der Waals surface area contributed by atoms with E-state index in [9.17, 15) is 18.4 Å². The molecule has 2 aromatic carbocycles. The van der Waals surface area contributed by atoms with E-state index in [1.807, 2.05) is 31.2 Å². The number of carbonyl (C=O) groups excluding carboxylic acids is 2. The van der Waals surface area contributed by atoms with Crippen LogP contribution in [0.5, 0.6) is 0 Å². The highest BCUT2D eigenvalue weighted by Gasteiger charge is 2.18. The van der Waals surface area contributed by atoms with Crippen LogP contribution in [-0.4, -0.2) is 23.5 Å². The molecule has 0 aliphatic rings. The van der Waals surface area contributed by atoms with Gasteiger partial charge in [0.25, 0.3) is 5.91 Å². The Balaban J connectivity index is 1.58. The molecule has 0 saturated heterocycles. The van der Waals surface area contributed by atoms with Gasteiger partial charge in [0.15, 0.2) is 23.4 Å².